The molecule has 1 saturated carbocycles. The van der Waals surface area contributed by atoms with E-state index in [9.17, 15) is 0 Å². The molecule has 24 heavy (non-hydrogen) atoms. The average molecular weight is 329 g/mol. The third kappa shape index (κ3) is 3.26. The zero-order valence-corrected chi connectivity index (χ0v) is 14.5. The summed E-state index contributed by atoms with van der Waals surface area (Å²) in [6, 6.07) is 0.609. The maximum Gasteiger partial charge on any atom is 0.224 e. The number of ether oxygens (including phenoxy) is 1. The molecule has 2 aliphatic rings. The highest BCUT2D eigenvalue weighted by molar-refractivity contribution is 5.80. The van der Waals surface area contributed by atoms with Gasteiger partial charge in [0, 0.05) is 50.0 Å². The number of nitrogens with zero attached hydrogens (tertiary/aromatic N) is 4. The summed E-state index contributed by atoms with van der Waals surface area (Å²) in [6.45, 7) is 7.76. The number of rotatable bonds is 5. The molecule has 4 rings (SSSR count). The first-order valence-corrected chi connectivity index (χ1v) is 9.19. The van der Waals surface area contributed by atoms with Crippen molar-refractivity contribution in [3.63, 3.8) is 0 Å². The maximum atomic E-state index is 5.39. The quantitative estimate of drug-likeness (QED) is 0.914. The maximum absolute atomic E-state index is 5.39. The van der Waals surface area contributed by atoms with E-state index in [1.165, 1.54) is 36.6 Å². The largest absolute Gasteiger partial charge is 0.379 e. The fourth-order valence-corrected chi connectivity index (χ4v) is 3.88. The van der Waals surface area contributed by atoms with E-state index in [0.717, 1.165) is 51.0 Å². The molecule has 1 saturated heterocycles. The molecule has 0 amide bonds. The van der Waals surface area contributed by atoms with Crippen LogP contribution < -0.4 is 5.32 Å². The van der Waals surface area contributed by atoms with E-state index in [4.69, 9.17) is 9.72 Å². The lowest BCUT2D eigenvalue weighted by Gasteiger charge is -2.26. The Bertz CT molecular complexity index is 686. The number of hydrogen-bond acceptors (Lipinski definition) is 5. The van der Waals surface area contributed by atoms with Crippen LogP contribution in [0.25, 0.3) is 11.0 Å². The van der Waals surface area contributed by atoms with Gasteiger partial charge in [0.25, 0.3) is 0 Å². The molecule has 0 unspecified atom stereocenters. The Balaban J connectivity index is 1.46. The Hall–Kier alpha value is -1.66. The van der Waals surface area contributed by atoms with Crippen LogP contribution in [0, 0.1) is 6.92 Å². The SMILES string of the molecule is Cc1cn(C2CCCC2)c2nc(NCCN3CCOCC3)ncc12. The first-order chi connectivity index (χ1) is 11.8. The summed E-state index contributed by atoms with van der Waals surface area (Å²) in [5.41, 5.74) is 2.36. The average Bonchev–Trinajstić information content (AvgIpc) is 3.24. The lowest BCUT2D eigenvalue weighted by atomic mass is 10.2. The summed E-state index contributed by atoms with van der Waals surface area (Å²) in [6.07, 6.45) is 9.44. The molecule has 130 valence electrons. The molecule has 2 aromatic heterocycles. The molecular weight excluding hydrogens is 302 g/mol. The Morgan fingerprint density at radius 1 is 1.25 bits per heavy atom. The molecule has 2 aromatic rings. The van der Waals surface area contributed by atoms with Crippen LogP contribution in [-0.4, -0.2) is 58.8 Å². The van der Waals surface area contributed by atoms with E-state index >= 15 is 0 Å². The van der Waals surface area contributed by atoms with E-state index in [1.807, 2.05) is 6.20 Å². The van der Waals surface area contributed by atoms with Crippen LogP contribution in [0.15, 0.2) is 12.4 Å². The molecule has 2 fully saturated rings. The minimum Gasteiger partial charge on any atom is -0.379 e. The van der Waals surface area contributed by atoms with E-state index in [0.29, 0.717) is 6.04 Å². The zero-order chi connectivity index (χ0) is 16.4. The minimum absolute atomic E-state index is 0.609. The summed E-state index contributed by atoms with van der Waals surface area (Å²) in [5.74, 6) is 0.744. The highest BCUT2D eigenvalue weighted by Crippen LogP contribution is 2.33. The monoisotopic (exact) mass is 329 g/mol. The van der Waals surface area contributed by atoms with Gasteiger partial charge < -0.3 is 14.6 Å². The summed E-state index contributed by atoms with van der Waals surface area (Å²) >= 11 is 0. The van der Waals surface area contributed by atoms with E-state index in [2.05, 4.69) is 32.9 Å². The summed E-state index contributed by atoms with van der Waals surface area (Å²) in [4.78, 5) is 11.7. The van der Waals surface area contributed by atoms with Gasteiger partial charge in [0.2, 0.25) is 5.95 Å². The van der Waals surface area contributed by atoms with Crippen molar-refractivity contribution < 1.29 is 4.74 Å². The van der Waals surface area contributed by atoms with Crippen molar-refractivity contribution in [2.75, 3.05) is 44.7 Å². The van der Waals surface area contributed by atoms with Crippen molar-refractivity contribution in [3.05, 3.63) is 18.0 Å². The first kappa shape index (κ1) is 15.8. The molecular formula is C18H27N5O. The van der Waals surface area contributed by atoms with E-state index < -0.39 is 0 Å². The number of morpholine rings is 1. The lowest BCUT2D eigenvalue weighted by molar-refractivity contribution is 0.0398. The van der Waals surface area contributed by atoms with E-state index in [-0.39, 0.29) is 0 Å². The summed E-state index contributed by atoms with van der Waals surface area (Å²) in [5, 5.41) is 4.57. The minimum atomic E-state index is 0.609. The van der Waals surface area contributed by atoms with Crippen LogP contribution in [0.3, 0.4) is 0 Å². The standard InChI is InChI=1S/C18H27N5O/c1-14-13-23(15-4-2-3-5-15)17-16(14)12-20-18(21-17)19-6-7-22-8-10-24-11-9-22/h12-13,15H,2-11H2,1H3,(H,19,20,21). The van der Waals surface area contributed by atoms with Gasteiger partial charge in [0.15, 0.2) is 0 Å². The van der Waals surface area contributed by atoms with Crippen LogP contribution >= 0.6 is 0 Å². The van der Waals surface area contributed by atoms with Gasteiger partial charge in [-0.15, -0.1) is 0 Å². The summed E-state index contributed by atoms with van der Waals surface area (Å²) in [7, 11) is 0. The molecule has 1 aliphatic carbocycles. The molecule has 6 nitrogen and oxygen atoms in total. The molecule has 0 atom stereocenters. The van der Waals surface area contributed by atoms with Crippen LogP contribution in [0.4, 0.5) is 5.95 Å². The van der Waals surface area contributed by atoms with Crippen LogP contribution in [-0.2, 0) is 4.74 Å². The van der Waals surface area contributed by atoms with Crippen molar-refractivity contribution >= 4 is 17.0 Å². The van der Waals surface area contributed by atoms with Gasteiger partial charge >= 0.3 is 0 Å². The Kier molecular flexibility index (Phi) is 4.67. The topological polar surface area (TPSA) is 55.2 Å². The van der Waals surface area contributed by atoms with Crippen molar-refractivity contribution in [2.24, 2.45) is 0 Å². The highest BCUT2D eigenvalue weighted by Gasteiger charge is 2.20. The fraction of sp³-hybridized carbons (Fsp3) is 0.667. The number of aromatic nitrogens is 3. The molecule has 1 aliphatic heterocycles. The van der Waals surface area contributed by atoms with Crippen molar-refractivity contribution in [3.8, 4) is 0 Å². The van der Waals surface area contributed by atoms with Crippen molar-refractivity contribution in [1.29, 1.82) is 0 Å². The second kappa shape index (κ2) is 7.07. The van der Waals surface area contributed by atoms with Crippen molar-refractivity contribution in [2.45, 2.75) is 38.6 Å². The van der Waals surface area contributed by atoms with Gasteiger partial charge in [-0.3, -0.25) is 4.90 Å². The molecule has 0 spiro atoms. The number of fused-ring (bicyclic) bond motifs is 1. The lowest BCUT2D eigenvalue weighted by Crippen LogP contribution is -2.39. The highest BCUT2D eigenvalue weighted by atomic mass is 16.5. The molecule has 0 bridgehead atoms. The van der Waals surface area contributed by atoms with Crippen molar-refractivity contribution in [1.82, 2.24) is 19.4 Å². The smallest absolute Gasteiger partial charge is 0.224 e. The second-order valence-corrected chi connectivity index (χ2v) is 6.97. The Labute approximate surface area is 143 Å². The van der Waals surface area contributed by atoms with Gasteiger partial charge in [-0.25, -0.2) is 4.98 Å². The Morgan fingerprint density at radius 3 is 2.83 bits per heavy atom. The number of hydrogen-bond donors (Lipinski definition) is 1. The van der Waals surface area contributed by atoms with Gasteiger partial charge in [-0.1, -0.05) is 12.8 Å². The predicted molar refractivity (Wildman–Crippen MR) is 95.5 cm³/mol. The number of anilines is 1. The number of aryl methyl sites for hydroxylation is 1. The normalized spacial score (nSPS) is 20.0. The predicted octanol–water partition coefficient (Wildman–Crippen LogP) is 2.60. The zero-order valence-electron chi connectivity index (χ0n) is 14.5. The van der Waals surface area contributed by atoms with E-state index in [1.54, 1.807) is 0 Å². The number of nitrogens with one attached hydrogen (secondary N) is 1. The molecule has 0 aromatic carbocycles. The van der Waals surface area contributed by atoms with Gasteiger partial charge in [-0.2, -0.15) is 4.98 Å². The summed E-state index contributed by atoms with van der Waals surface area (Å²) < 4.78 is 7.77. The van der Waals surface area contributed by atoms with Gasteiger partial charge in [0.05, 0.1) is 13.2 Å². The first-order valence-electron chi connectivity index (χ1n) is 9.19. The molecule has 1 N–H and O–H groups in total. The Morgan fingerprint density at radius 2 is 2.04 bits per heavy atom. The van der Waals surface area contributed by atoms with Gasteiger partial charge in [0.1, 0.15) is 5.65 Å². The fourth-order valence-electron chi connectivity index (χ4n) is 3.88. The second-order valence-electron chi connectivity index (χ2n) is 6.97. The molecule has 0 radical (unpaired) electrons. The van der Waals surface area contributed by atoms with Gasteiger partial charge in [-0.05, 0) is 25.3 Å². The van der Waals surface area contributed by atoms with Crippen LogP contribution in [0.1, 0.15) is 37.3 Å². The molecule has 3 heterocycles. The third-order valence-corrected chi connectivity index (χ3v) is 5.30. The van der Waals surface area contributed by atoms with Crippen LogP contribution in [0.2, 0.25) is 0 Å². The third-order valence-electron chi connectivity index (χ3n) is 5.30. The van der Waals surface area contributed by atoms with Crippen LogP contribution in [0.5, 0.6) is 0 Å². The molecule has 6 heteroatoms.